The first-order chi connectivity index (χ1) is 11.5. The van der Waals surface area contributed by atoms with Gasteiger partial charge in [-0.15, -0.1) is 12.4 Å². The van der Waals surface area contributed by atoms with E-state index >= 15 is 0 Å². The summed E-state index contributed by atoms with van der Waals surface area (Å²) in [6.45, 7) is -0.286. The molecule has 0 aliphatic carbocycles. The highest BCUT2D eigenvalue weighted by atomic mass is 35.5. The molecule has 0 bridgehead atoms. The number of nitrogens with one attached hydrogen (secondary N) is 2. The van der Waals surface area contributed by atoms with Gasteiger partial charge in [0.2, 0.25) is 10.0 Å². The van der Waals surface area contributed by atoms with E-state index in [1.807, 2.05) is 0 Å². The molecular weight excluding hydrogens is 412 g/mol. The molecule has 1 heterocycles. The number of alkyl halides is 3. The first-order valence-electron chi connectivity index (χ1n) is 7.18. The first-order valence-corrected chi connectivity index (χ1v) is 8.66. The van der Waals surface area contributed by atoms with Crippen LogP contribution in [-0.4, -0.2) is 58.3 Å². The van der Waals surface area contributed by atoms with Crippen molar-refractivity contribution in [1.29, 1.82) is 0 Å². The summed E-state index contributed by atoms with van der Waals surface area (Å²) in [5.41, 5.74) is 0. The van der Waals surface area contributed by atoms with Gasteiger partial charge in [0.15, 0.2) is 17.5 Å². The van der Waals surface area contributed by atoms with E-state index in [-0.39, 0.29) is 37.6 Å². The molecule has 0 radical (unpaired) electrons. The average molecular weight is 428 g/mol. The van der Waals surface area contributed by atoms with Crippen LogP contribution in [0.25, 0.3) is 0 Å². The monoisotopic (exact) mass is 427 g/mol. The number of piperazine rings is 1. The molecule has 1 aliphatic rings. The van der Waals surface area contributed by atoms with E-state index in [0.29, 0.717) is 13.1 Å². The summed E-state index contributed by atoms with van der Waals surface area (Å²) < 4.78 is 104. The lowest BCUT2D eigenvalue weighted by Gasteiger charge is -2.35. The van der Waals surface area contributed by atoms with E-state index < -0.39 is 51.1 Å². The maximum atomic E-state index is 13.2. The van der Waals surface area contributed by atoms with Gasteiger partial charge in [-0.3, -0.25) is 4.90 Å². The van der Waals surface area contributed by atoms with Crippen molar-refractivity contribution < 1.29 is 34.8 Å². The van der Waals surface area contributed by atoms with Crippen LogP contribution in [0.4, 0.5) is 26.3 Å². The van der Waals surface area contributed by atoms with Gasteiger partial charge < -0.3 is 5.32 Å². The van der Waals surface area contributed by atoms with Gasteiger partial charge in [0.05, 0.1) is 4.90 Å². The van der Waals surface area contributed by atoms with Crippen LogP contribution in [0.15, 0.2) is 17.0 Å². The molecule has 0 amide bonds. The number of benzene rings is 1. The van der Waals surface area contributed by atoms with Crippen LogP contribution in [-0.2, 0) is 10.0 Å². The second-order valence-corrected chi connectivity index (χ2v) is 7.16. The predicted molar refractivity (Wildman–Crippen MR) is 83.0 cm³/mol. The Hall–Kier alpha value is -1.08. The Bertz CT molecular complexity index is 702. The minimum Gasteiger partial charge on any atom is -0.314 e. The third kappa shape index (κ3) is 5.46. The fraction of sp³-hybridized carbons (Fsp3) is 0.538. The summed E-state index contributed by atoms with van der Waals surface area (Å²) in [4.78, 5) is 0.0651. The Morgan fingerprint density at radius 3 is 2.08 bits per heavy atom. The number of hydrogen-bond acceptors (Lipinski definition) is 4. The summed E-state index contributed by atoms with van der Waals surface area (Å²) in [6, 6.07) is -1.69. The fourth-order valence-electron chi connectivity index (χ4n) is 2.41. The highest BCUT2D eigenvalue weighted by Gasteiger charge is 2.44. The average Bonchev–Trinajstić information content (AvgIpc) is 2.52. The summed E-state index contributed by atoms with van der Waals surface area (Å²) >= 11 is 0. The summed E-state index contributed by atoms with van der Waals surface area (Å²) in [7, 11) is -4.66. The minimum atomic E-state index is -4.71. The quantitative estimate of drug-likeness (QED) is 0.554. The Morgan fingerprint density at radius 2 is 1.62 bits per heavy atom. The third-order valence-corrected chi connectivity index (χ3v) is 5.11. The van der Waals surface area contributed by atoms with Crippen LogP contribution in [0.1, 0.15) is 0 Å². The molecule has 26 heavy (non-hydrogen) atoms. The second kappa shape index (κ2) is 8.74. The van der Waals surface area contributed by atoms with Gasteiger partial charge in [0, 0.05) is 32.7 Å². The van der Waals surface area contributed by atoms with Gasteiger partial charge in [-0.25, -0.2) is 26.3 Å². The lowest BCUT2D eigenvalue weighted by Crippen LogP contribution is -2.57. The van der Waals surface area contributed by atoms with Crippen LogP contribution in [0.3, 0.4) is 0 Å². The number of sulfonamides is 1. The number of halogens is 7. The second-order valence-electron chi connectivity index (χ2n) is 5.40. The van der Waals surface area contributed by atoms with Crippen molar-refractivity contribution in [2.75, 3.05) is 32.7 Å². The van der Waals surface area contributed by atoms with E-state index in [1.54, 1.807) is 4.72 Å². The van der Waals surface area contributed by atoms with Gasteiger partial charge in [-0.1, -0.05) is 0 Å². The van der Waals surface area contributed by atoms with Crippen molar-refractivity contribution in [3.8, 4) is 0 Å². The third-order valence-electron chi connectivity index (χ3n) is 3.70. The Morgan fingerprint density at radius 1 is 1.12 bits per heavy atom. The zero-order valence-corrected chi connectivity index (χ0v) is 14.7. The largest absolute Gasteiger partial charge is 0.405 e. The maximum Gasteiger partial charge on any atom is 0.405 e. The van der Waals surface area contributed by atoms with E-state index in [1.165, 1.54) is 0 Å². The molecule has 1 aromatic carbocycles. The van der Waals surface area contributed by atoms with E-state index in [0.717, 1.165) is 4.90 Å². The van der Waals surface area contributed by atoms with Crippen molar-refractivity contribution in [3.63, 3.8) is 0 Å². The summed E-state index contributed by atoms with van der Waals surface area (Å²) in [5, 5.41) is 2.87. The number of nitrogens with zero attached hydrogens (tertiary/aromatic N) is 1. The SMILES string of the molecule is Cl.O=S(=O)(NCC(N1CCNCC1)C(F)(F)F)c1cc(F)c(F)c(F)c1. The molecule has 5 nitrogen and oxygen atoms in total. The molecule has 2 N–H and O–H groups in total. The number of hydrogen-bond donors (Lipinski definition) is 2. The smallest absolute Gasteiger partial charge is 0.314 e. The molecule has 2 rings (SSSR count). The van der Waals surface area contributed by atoms with Crippen molar-refractivity contribution in [2.45, 2.75) is 17.1 Å². The normalized spacial score (nSPS) is 17.6. The van der Waals surface area contributed by atoms with Gasteiger partial charge >= 0.3 is 6.18 Å². The molecule has 1 aromatic rings. The summed E-state index contributed by atoms with van der Waals surface area (Å²) in [6.07, 6.45) is -4.71. The number of rotatable bonds is 5. The van der Waals surface area contributed by atoms with Crippen LogP contribution in [0, 0.1) is 17.5 Å². The molecule has 0 aromatic heterocycles. The topological polar surface area (TPSA) is 61.4 Å². The zero-order valence-electron chi connectivity index (χ0n) is 13.1. The Kier molecular flexibility index (Phi) is 7.72. The fourth-order valence-corrected chi connectivity index (χ4v) is 3.47. The minimum absolute atomic E-state index is 0. The van der Waals surface area contributed by atoms with Gasteiger partial charge in [-0.2, -0.15) is 13.2 Å². The van der Waals surface area contributed by atoms with Crippen LogP contribution in [0.5, 0.6) is 0 Å². The molecule has 13 heteroatoms. The molecule has 1 unspecified atom stereocenters. The van der Waals surface area contributed by atoms with Crippen molar-refractivity contribution in [2.24, 2.45) is 0 Å². The van der Waals surface area contributed by atoms with E-state index in [2.05, 4.69) is 5.32 Å². The zero-order chi connectivity index (χ0) is 18.8. The highest BCUT2D eigenvalue weighted by molar-refractivity contribution is 7.89. The molecule has 0 spiro atoms. The van der Waals surface area contributed by atoms with Crippen LogP contribution >= 0.6 is 12.4 Å². The molecule has 1 saturated heterocycles. The van der Waals surface area contributed by atoms with Crippen molar-refractivity contribution in [1.82, 2.24) is 14.9 Å². The molecular formula is C13H16ClF6N3O2S. The predicted octanol–water partition coefficient (Wildman–Crippen LogP) is 1.64. The van der Waals surface area contributed by atoms with Crippen LogP contribution in [0.2, 0.25) is 0 Å². The van der Waals surface area contributed by atoms with Gasteiger partial charge in [0.1, 0.15) is 6.04 Å². The first kappa shape index (κ1) is 23.0. The molecule has 150 valence electrons. The highest BCUT2D eigenvalue weighted by Crippen LogP contribution is 2.25. The van der Waals surface area contributed by atoms with E-state index in [4.69, 9.17) is 0 Å². The van der Waals surface area contributed by atoms with Gasteiger partial charge in [-0.05, 0) is 12.1 Å². The van der Waals surface area contributed by atoms with Gasteiger partial charge in [0.25, 0.3) is 0 Å². The van der Waals surface area contributed by atoms with E-state index in [9.17, 15) is 34.8 Å². The lowest BCUT2D eigenvalue weighted by atomic mass is 10.2. The molecule has 0 saturated carbocycles. The molecule has 1 fully saturated rings. The standard InChI is InChI=1S/C13H15F6N3O2S.ClH/c14-9-5-8(6-10(15)12(9)16)25(23,24)21-7-11(13(17,18)19)22-3-1-20-2-4-22;/h5-6,11,20-21H,1-4,7H2;1H. The molecule has 1 atom stereocenters. The maximum absolute atomic E-state index is 13.2. The Labute approximate surface area is 152 Å². The summed E-state index contributed by atoms with van der Waals surface area (Å²) in [5.74, 6) is -5.38. The van der Waals surface area contributed by atoms with Crippen LogP contribution < -0.4 is 10.0 Å². The van der Waals surface area contributed by atoms with Crippen molar-refractivity contribution >= 4 is 22.4 Å². The Balaban J connectivity index is 0.00000338. The lowest BCUT2D eigenvalue weighted by molar-refractivity contribution is -0.182. The van der Waals surface area contributed by atoms with Crippen molar-refractivity contribution in [3.05, 3.63) is 29.6 Å². The molecule has 1 aliphatic heterocycles.